The standard InChI is InChI=1S/C41H40F5N3O3S/c1-27-6-15-36-34(22-27)37(50)23-39(53-26-31-4-3-5-35(42)40(31)43)49(36)25-38(51)48(33-16-18-47(19-17-33)20-21-52-2)24-28-7-9-29(10-8-28)30-11-13-32(14-12-30)41(44,45)46/h3-15,22-23,33H,16-21,24-26H2,1-2H3/i2D3,6D,15D,22D,23D,25D2,26D2. The zero-order valence-corrected chi connectivity index (χ0v) is 29.1. The van der Waals surface area contributed by atoms with Crippen LogP contribution in [0, 0.1) is 18.6 Å². The lowest BCUT2D eigenvalue weighted by Crippen LogP contribution is -2.48. The quantitative estimate of drug-likeness (QED) is 0.0942. The molecule has 0 unspecified atom stereocenters. The molecule has 0 spiro atoms. The number of likely N-dealkylation sites (tertiary alicyclic amines) is 1. The number of carbonyl (C=O) groups is 1. The van der Waals surface area contributed by atoms with Crippen molar-refractivity contribution in [2.24, 2.45) is 0 Å². The minimum atomic E-state index is -4.55. The SMILES string of the molecule is [2H]c1c(C)c([2H])c2c(=O)c([2H])c(SC([2H])([2H])c3cccc(F)c3F)n(C([2H])([2H])C(=O)N(Cc3ccc(-c4ccc(C(F)(F)F)cc4)cc3)C3CCN(CCOC([2H])([2H])[2H])CC3)c2c1[2H]. The van der Waals surface area contributed by atoms with Gasteiger partial charge in [-0.05, 0) is 66.7 Å². The fourth-order valence-corrected chi connectivity index (χ4v) is 6.75. The highest BCUT2D eigenvalue weighted by Crippen LogP contribution is 2.32. The smallest absolute Gasteiger partial charge is 0.383 e. The molecule has 0 aliphatic carbocycles. The van der Waals surface area contributed by atoms with Crippen molar-refractivity contribution in [3.63, 3.8) is 0 Å². The van der Waals surface area contributed by atoms with Gasteiger partial charge in [0.25, 0.3) is 0 Å². The number of amides is 1. The Kier molecular flexibility index (Phi) is 8.26. The summed E-state index contributed by atoms with van der Waals surface area (Å²) in [5.74, 6) is -4.38. The molecule has 4 aromatic carbocycles. The highest BCUT2D eigenvalue weighted by molar-refractivity contribution is 7.98. The number of methoxy groups -OCH3 is 1. The molecule has 6 nitrogen and oxygen atoms in total. The molecule has 6 rings (SSSR count). The number of halogens is 5. The summed E-state index contributed by atoms with van der Waals surface area (Å²) in [5.41, 5.74) is -5.65. The van der Waals surface area contributed by atoms with Crippen molar-refractivity contribution in [2.75, 3.05) is 33.3 Å². The molecule has 0 N–H and O–H groups in total. The van der Waals surface area contributed by atoms with Gasteiger partial charge in [-0.2, -0.15) is 13.2 Å². The number of ether oxygens (including phenoxy) is 1. The molecule has 0 atom stereocenters. The van der Waals surface area contributed by atoms with E-state index in [0.29, 0.717) is 21.3 Å². The summed E-state index contributed by atoms with van der Waals surface area (Å²) in [6.07, 6.45) is -4.14. The van der Waals surface area contributed by atoms with Crippen LogP contribution >= 0.6 is 11.8 Å². The first-order chi connectivity index (χ1) is 29.7. The summed E-state index contributed by atoms with van der Waals surface area (Å²) < 4.78 is 168. The van der Waals surface area contributed by atoms with Crippen molar-refractivity contribution in [1.82, 2.24) is 14.4 Å². The summed E-state index contributed by atoms with van der Waals surface area (Å²) in [7, 11) is -2.62. The molecule has 2 heterocycles. The predicted octanol–water partition coefficient (Wildman–Crippen LogP) is 8.71. The topological polar surface area (TPSA) is 54.8 Å². The van der Waals surface area contributed by atoms with E-state index in [2.05, 4.69) is 0 Å². The van der Waals surface area contributed by atoms with Crippen LogP contribution in [0.1, 0.15) is 50.2 Å². The van der Waals surface area contributed by atoms with E-state index in [4.69, 9.17) is 17.1 Å². The molecular weight excluding hydrogens is 710 g/mol. The maximum absolute atomic E-state index is 15.1. The van der Waals surface area contributed by atoms with E-state index in [9.17, 15) is 25.1 Å². The van der Waals surface area contributed by atoms with Crippen LogP contribution in [0.3, 0.4) is 0 Å². The molecule has 1 aliphatic heterocycles. The summed E-state index contributed by atoms with van der Waals surface area (Å²) in [6.45, 7) is -1.86. The first-order valence-corrected chi connectivity index (χ1v) is 17.3. The van der Waals surface area contributed by atoms with Gasteiger partial charge in [0.2, 0.25) is 5.91 Å². The van der Waals surface area contributed by atoms with E-state index >= 15 is 9.18 Å². The van der Waals surface area contributed by atoms with Crippen LogP contribution in [-0.4, -0.2) is 59.6 Å². The van der Waals surface area contributed by atoms with Gasteiger partial charge in [-0.3, -0.25) is 9.59 Å². The average molecular weight is 761 g/mol. The maximum Gasteiger partial charge on any atom is 0.416 e. The van der Waals surface area contributed by atoms with E-state index in [1.165, 1.54) is 24.0 Å². The number of fused-ring (bicyclic) bond motifs is 1. The molecule has 12 heteroatoms. The number of piperidine rings is 1. The maximum atomic E-state index is 15.1. The van der Waals surface area contributed by atoms with Crippen LogP contribution in [0.5, 0.6) is 0 Å². The molecule has 5 aromatic rings. The van der Waals surface area contributed by atoms with Crippen molar-refractivity contribution in [3.05, 3.63) is 135 Å². The zero-order chi connectivity index (χ0) is 47.3. The Morgan fingerprint density at radius 1 is 1.02 bits per heavy atom. The largest absolute Gasteiger partial charge is 0.416 e. The third kappa shape index (κ3) is 9.17. The first kappa shape index (κ1) is 26.3. The molecular formula is C41H40F5N3O3S. The predicted molar refractivity (Wildman–Crippen MR) is 198 cm³/mol. The number of thioether (sulfide) groups is 1. The fourth-order valence-electron chi connectivity index (χ4n) is 6.01. The monoisotopic (exact) mass is 760 g/mol. The molecule has 278 valence electrons. The number of nitrogens with zero attached hydrogens (tertiary/aromatic N) is 3. The number of alkyl halides is 3. The molecule has 1 aromatic heterocycles. The minimum Gasteiger partial charge on any atom is -0.383 e. The Morgan fingerprint density at radius 3 is 2.40 bits per heavy atom. The zero-order valence-electron chi connectivity index (χ0n) is 39.2. The minimum absolute atomic E-state index is 0.0999. The van der Waals surface area contributed by atoms with Crippen molar-refractivity contribution >= 4 is 28.6 Å². The molecule has 1 fully saturated rings. The lowest BCUT2D eigenvalue weighted by atomic mass is 10.00. The number of carbonyl (C=O) groups excluding carboxylic acids is 1. The molecule has 1 saturated heterocycles. The lowest BCUT2D eigenvalue weighted by molar-refractivity contribution is -0.137. The molecule has 0 bridgehead atoms. The number of aromatic nitrogens is 1. The van der Waals surface area contributed by atoms with E-state index in [-0.39, 0.29) is 63.0 Å². The van der Waals surface area contributed by atoms with Crippen LogP contribution in [0.25, 0.3) is 22.0 Å². The Balaban J connectivity index is 1.47. The lowest BCUT2D eigenvalue weighted by Gasteiger charge is -2.39. The van der Waals surface area contributed by atoms with Crippen molar-refractivity contribution < 1.29 is 46.6 Å². The van der Waals surface area contributed by atoms with Gasteiger partial charge in [0, 0.05) is 64.7 Å². The van der Waals surface area contributed by atoms with Crippen LogP contribution < -0.4 is 5.43 Å². The van der Waals surface area contributed by atoms with Crippen LogP contribution in [0.15, 0.2) is 101 Å². The van der Waals surface area contributed by atoms with Gasteiger partial charge < -0.3 is 19.1 Å². The Bertz CT molecular complexity index is 2620. The highest BCUT2D eigenvalue weighted by Gasteiger charge is 2.31. The second kappa shape index (κ2) is 16.7. The van der Waals surface area contributed by atoms with Crippen LogP contribution in [-0.2, 0) is 34.5 Å². The van der Waals surface area contributed by atoms with Gasteiger partial charge in [-0.15, -0.1) is 11.8 Å². The van der Waals surface area contributed by atoms with E-state index in [0.717, 1.165) is 30.3 Å². The molecule has 0 saturated carbocycles. The molecule has 1 aliphatic rings. The summed E-state index contributed by atoms with van der Waals surface area (Å²) in [5, 5.41) is -1.63. The van der Waals surface area contributed by atoms with Gasteiger partial charge in [0.1, 0.15) is 6.50 Å². The normalized spacial score (nSPS) is 18.0. The summed E-state index contributed by atoms with van der Waals surface area (Å²) in [6, 6.07) is 9.41. The van der Waals surface area contributed by atoms with E-state index < -0.39 is 106 Å². The Morgan fingerprint density at radius 2 is 1.72 bits per heavy atom. The number of pyridine rings is 1. The fraction of sp³-hybridized carbons (Fsp3) is 0.317. The number of hydrogen-bond donors (Lipinski definition) is 0. The second-order valence-electron chi connectivity index (χ2n) is 12.4. The van der Waals surface area contributed by atoms with Gasteiger partial charge in [-0.1, -0.05) is 60.1 Å². The number of benzene rings is 4. The van der Waals surface area contributed by atoms with Crippen LogP contribution in [0.4, 0.5) is 22.0 Å². The Hall–Kier alpha value is -4.52. The van der Waals surface area contributed by atoms with E-state index in [1.54, 1.807) is 24.3 Å². The molecule has 53 heavy (non-hydrogen) atoms. The highest BCUT2D eigenvalue weighted by atomic mass is 32.2. The van der Waals surface area contributed by atoms with E-state index in [1.807, 2.05) is 4.90 Å². The molecule has 0 radical (unpaired) electrons. The van der Waals surface area contributed by atoms with Crippen molar-refractivity contribution in [2.45, 2.75) is 55.8 Å². The Labute approximate surface area is 324 Å². The first-order valence-electron chi connectivity index (χ1n) is 22.0. The number of hydrogen-bond acceptors (Lipinski definition) is 5. The van der Waals surface area contributed by atoms with Gasteiger partial charge in [0.15, 0.2) is 17.1 Å². The van der Waals surface area contributed by atoms with Crippen molar-refractivity contribution in [3.8, 4) is 11.1 Å². The molecule has 1 amide bonds. The third-order valence-electron chi connectivity index (χ3n) is 8.83. The number of rotatable bonds is 12. The second-order valence-corrected chi connectivity index (χ2v) is 13.2. The van der Waals surface area contributed by atoms with Gasteiger partial charge in [0.05, 0.1) is 35.0 Å². The van der Waals surface area contributed by atoms with Gasteiger partial charge >= 0.3 is 6.18 Å². The van der Waals surface area contributed by atoms with Crippen LogP contribution in [0.2, 0.25) is 0 Å². The average Bonchev–Trinajstić information content (AvgIpc) is 3.23. The van der Waals surface area contributed by atoms with Gasteiger partial charge in [-0.25, -0.2) is 8.78 Å². The summed E-state index contributed by atoms with van der Waals surface area (Å²) >= 11 is -0.0999. The third-order valence-corrected chi connectivity index (χ3v) is 9.63. The van der Waals surface area contributed by atoms with Crippen molar-refractivity contribution in [1.29, 1.82) is 0 Å². The summed E-state index contributed by atoms with van der Waals surface area (Å²) in [4.78, 5) is 32.1.